The van der Waals surface area contributed by atoms with Crippen molar-refractivity contribution in [3.63, 3.8) is 0 Å². The molecule has 2 rings (SSSR count). The van der Waals surface area contributed by atoms with Crippen LogP contribution in [-0.4, -0.2) is 26.4 Å². The van der Waals surface area contributed by atoms with Gasteiger partial charge >= 0.3 is 0 Å². The molecule has 0 bridgehead atoms. The Morgan fingerprint density at radius 3 is 2.47 bits per heavy atom. The Labute approximate surface area is 107 Å². The second kappa shape index (κ2) is 5.24. The predicted molar refractivity (Wildman–Crippen MR) is 65.5 cm³/mol. The van der Waals surface area contributed by atoms with Gasteiger partial charge in [-0.05, 0) is 33.9 Å². The van der Waals surface area contributed by atoms with E-state index in [9.17, 15) is 0 Å². The molecular formula is C7H5BrN4S3. The first-order valence-electron chi connectivity index (χ1n) is 3.81. The summed E-state index contributed by atoms with van der Waals surface area (Å²) in [4.78, 5) is 8.29. The highest BCUT2D eigenvalue weighted by Crippen LogP contribution is 2.30. The highest BCUT2D eigenvalue weighted by atomic mass is 79.9. The Bertz CT molecular complexity index is 444. The van der Waals surface area contributed by atoms with E-state index in [0.717, 1.165) is 13.2 Å². The number of nitrogens with zero attached hydrogens (tertiary/aromatic N) is 4. The molecule has 78 valence electrons. The lowest BCUT2D eigenvalue weighted by Gasteiger charge is -1.93. The molecule has 0 N–H and O–H groups in total. The average molecular weight is 321 g/mol. The van der Waals surface area contributed by atoms with Crippen LogP contribution in [-0.2, 0) is 0 Å². The van der Waals surface area contributed by atoms with Crippen LogP contribution in [0.2, 0.25) is 0 Å². The molecule has 0 radical (unpaired) electrons. The molecule has 2 aromatic heterocycles. The van der Waals surface area contributed by atoms with Crippen LogP contribution in [0, 0.1) is 0 Å². The van der Waals surface area contributed by atoms with E-state index in [1.54, 1.807) is 35.5 Å². The van der Waals surface area contributed by atoms with E-state index < -0.39 is 0 Å². The van der Waals surface area contributed by atoms with E-state index in [0.29, 0.717) is 5.16 Å². The smallest absolute Gasteiger partial charge is 0.194 e. The van der Waals surface area contributed by atoms with Crippen molar-refractivity contribution in [2.24, 2.45) is 0 Å². The van der Waals surface area contributed by atoms with Crippen molar-refractivity contribution < 1.29 is 0 Å². The van der Waals surface area contributed by atoms with Gasteiger partial charge in [0.15, 0.2) is 13.8 Å². The van der Waals surface area contributed by atoms with Gasteiger partial charge in [0.2, 0.25) is 0 Å². The van der Waals surface area contributed by atoms with Crippen molar-refractivity contribution in [1.29, 1.82) is 0 Å². The van der Waals surface area contributed by atoms with E-state index >= 15 is 0 Å². The third kappa shape index (κ3) is 3.13. The van der Waals surface area contributed by atoms with Gasteiger partial charge in [-0.3, -0.25) is 0 Å². The molecule has 4 nitrogen and oxygen atoms in total. The zero-order valence-corrected chi connectivity index (χ0v) is 11.6. The fourth-order valence-corrected chi connectivity index (χ4v) is 3.20. The first kappa shape index (κ1) is 11.3. The van der Waals surface area contributed by atoms with Crippen molar-refractivity contribution in [3.8, 4) is 0 Å². The second-order valence-corrected chi connectivity index (χ2v) is 6.48. The molecule has 0 amide bonds. The third-order valence-electron chi connectivity index (χ3n) is 1.34. The van der Waals surface area contributed by atoms with Crippen LogP contribution >= 0.6 is 50.8 Å². The van der Waals surface area contributed by atoms with E-state index in [1.807, 2.05) is 6.26 Å². The molecule has 0 unspecified atom stereocenters. The molecule has 2 heterocycles. The van der Waals surface area contributed by atoms with Gasteiger partial charge < -0.3 is 0 Å². The van der Waals surface area contributed by atoms with Crippen molar-refractivity contribution in [3.05, 3.63) is 16.9 Å². The summed E-state index contributed by atoms with van der Waals surface area (Å²) in [6, 6.07) is 0. The number of hydrogen-bond donors (Lipinski definition) is 0. The zero-order chi connectivity index (χ0) is 10.7. The lowest BCUT2D eigenvalue weighted by molar-refractivity contribution is 0.932. The summed E-state index contributed by atoms with van der Waals surface area (Å²) < 4.78 is 2.69. The SMILES string of the molecule is CSc1nnc(Sc2ncc(Br)cn2)s1. The molecule has 0 atom stereocenters. The molecule has 0 aromatic carbocycles. The van der Waals surface area contributed by atoms with Crippen molar-refractivity contribution in [2.45, 2.75) is 13.8 Å². The summed E-state index contributed by atoms with van der Waals surface area (Å²) in [5.41, 5.74) is 0. The molecule has 0 fully saturated rings. The molecule has 0 aliphatic carbocycles. The maximum Gasteiger partial charge on any atom is 0.194 e. The van der Waals surface area contributed by atoms with Gasteiger partial charge in [-0.25, -0.2) is 9.97 Å². The van der Waals surface area contributed by atoms with E-state index in [1.165, 1.54) is 11.8 Å². The van der Waals surface area contributed by atoms with Crippen molar-refractivity contribution >= 4 is 50.8 Å². The molecule has 2 aromatic rings. The van der Waals surface area contributed by atoms with Gasteiger partial charge in [0, 0.05) is 12.4 Å². The topological polar surface area (TPSA) is 51.6 Å². The minimum absolute atomic E-state index is 0.682. The highest BCUT2D eigenvalue weighted by Gasteiger charge is 2.06. The Hall–Kier alpha value is -0.180. The minimum atomic E-state index is 0.682. The fourth-order valence-electron chi connectivity index (χ4n) is 0.752. The normalized spacial score (nSPS) is 10.5. The summed E-state index contributed by atoms with van der Waals surface area (Å²) in [6.45, 7) is 0. The lowest BCUT2D eigenvalue weighted by Crippen LogP contribution is -1.84. The summed E-state index contributed by atoms with van der Waals surface area (Å²) >= 11 is 7.83. The third-order valence-corrected chi connectivity index (χ3v) is 4.59. The maximum atomic E-state index is 4.15. The van der Waals surface area contributed by atoms with Crippen LogP contribution in [0.3, 0.4) is 0 Å². The second-order valence-electron chi connectivity index (χ2n) is 2.32. The summed E-state index contributed by atoms with van der Waals surface area (Å²) in [5.74, 6) is 0. The fraction of sp³-hybridized carbons (Fsp3) is 0.143. The summed E-state index contributed by atoms with van der Waals surface area (Å²) in [5, 5.41) is 8.70. The Morgan fingerprint density at radius 1 is 1.20 bits per heavy atom. The first-order chi connectivity index (χ1) is 7.28. The molecule has 15 heavy (non-hydrogen) atoms. The van der Waals surface area contributed by atoms with E-state index in [2.05, 4.69) is 36.1 Å². The van der Waals surface area contributed by atoms with E-state index in [4.69, 9.17) is 0 Å². The Balaban J connectivity index is 2.11. The van der Waals surface area contributed by atoms with Gasteiger partial charge in [-0.1, -0.05) is 23.1 Å². The predicted octanol–water partition coefficient (Wildman–Crippen LogP) is 2.96. The number of thioether (sulfide) groups is 1. The van der Waals surface area contributed by atoms with Crippen LogP contribution < -0.4 is 0 Å². The summed E-state index contributed by atoms with van der Waals surface area (Å²) in [7, 11) is 0. The van der Waals surface area contributed by atoms with Crippen LogP contribution in [0.25, 0.3) is 0 Å². The summed E-state index contributed by atoms with van der Waals surface area (Å²) in [6.07, 6.45) is 5.41. The van der Waals surface area contributed by atoms with Crippen LogP contribution in [0.4, 0.5) is 0 Å². The minimum Gasteiger partial charge on any atom is -0.230 e. The Morgan fingerprint density at radius 2 is 1.87 bits per heavy atom. The van der Waals surface area contributed by atoms with Crippen molar-refractivity contribution in [1.82, 2.24) is 20.2 Å². The van der Waals surface area contributed by atoms with Gasteiger partial charge in [0.05, 0.1) is 4.47 Å². The molecular weight excluding hydrogens is 316 g/mol. The number of aromatic nitrogens is 4. The quantitative estimate of drug-likeness (QED) is 0.640. The van der Waals surface area contributed by atoms with Gasteiger partial charge in [-0.2, -0.15) is 0 Å². The standard InChI is InChI=1S/C7H5BrN4S3/c1-13-6-11-12-7(15-6)14-5-9-2-4(8)3-10-5/h2-3H,1H3. The van der Waals surface area contributed by atoms with Crippen LogP contribution in [0.1, 0.15) is 0 Å². The highest BCUT2D eigenvalue weighted by molar-refractivity contribution is 9.10. The van der Waals surface area contributed by atoms with Gasteiger partial charge in [0.25, 0.3) is 0 Å². The monoisotopic (exact) mass is 320 g/mol. The van der Waals surface area contributed by atoms with Gasteiger partial charge in [0.1, 0.15) is 0 Å². The average Bonchev–Trinajstić information content (AvgIpc) is 2.69. The van der Waals surface area contributed by atoms with Crippen molar-refractivity contribution in [2.75, 3.05) is 6.26 Å². The number of rotatable bonds is 3. The largest absolute Gasteiger partial charge is 0.230 e. The lowest BCUT2D eigenvalue weighted by atomic mass is 10.7. The molecule has 0 aliphatic heterocycles. The zero-order valence-electron chi connectivity index (χ0n) is 7.55. The van der Waals surface area contributed by atoms with Crippen LogP contribution in [0.5, 0.6) is 0 Å². The van der Waals surface area contributed by atoms with E-state index in [-0.39, 0.29) is 0 Å². The molecule has 0 saturated carbocycles. The maximum absolute atomic E-state index is 4.15. The molecule has 8 heteroatoms. The number of halogens is 1. The van der Waals surface area contributed by atoms with Crippen LogP contribution in [0.15, 0.2) is 30.7 Å². The Kier molecular flexibility index (Phi) is 3.95. The number of hydrogen-bond acceptors (Lipinski definition) is 7. The molecule has 0 saturated heterocycles. The molecule has 0 aliphatic rings. The first-order valence-corrected chi connectivity index (χ1v) is 7.46. The van der Waals surface area contributed by atoms with Gasteiger partial charge in [-0.15, -0.1) is 10.2 Å². The molecule has 0 spiro atoms.